The molecular weight excluding hydrogens is 240 g/mol. The normalized spacial score (nSPS) is 21.9. The van der Waals surface area contributed by atoms with E-state index in [4.69, 9.17) is 5.11 Å². The van der Waals surface area contributed by atoms with Crippen molar-refractivity contribution in [3.05, 3.63) is 28.8 Å². The highest BCUT2D eigenvalue weighted by molar-refractivity contribution is 7.91. The molecule has 0 fully saturated rings. The second kappa shape index (κ2) is 3.84. The molecule has 1 aliphatic heterocycles. The van der Waals surface area contributed by atoms with Crippen LogP contribution in [-0.2, 0) is 9.84 Å². The van der Waals surface area contributed by atoms with Crippen LogP contribution in [0.1, 0.15) is 40.7 Å². The Labute approximate surface area is 100 Å². The summed E-state index contributed by atoms with van der Waals surface area (Å²) >= 11 is 0. The molecule has 0 amide bonds. The maximum absolute atomic E-state index is 11.9. The molecule has 0 radical (unpaired) electrons. The number of sulfone groups is 1. The van der Waals surface area contributed by atoms with Crippen LogP contribution in [0.4, 0.5) is 0 Å². The zero-order valence-corrected chi connectivity index (χ0v) is 10.5. The van der Waals surface area contributed by atoms with Crippen molar-refractivity contribution in [1.82, 2.24) is 0 Å². The number of hydrogen-bond donors (Lipinski definition) is 1. The van der Waals surface area contributed by atoms with Gasteiger partial charge in [0.15, 0.2) is 9.84 Å². The quantitative estimate of drug-likeness (QED) is 0.831. The molecule has 0 aliphatic carbocycles. The van der Waals surface area contributed by atoms with Crippen LogP contribution in [0, 0.1) is 6.92 Å². The maximum Gasteiger partial charge on any atom is 0.335 e. The summed E-state index contributed by atoms with van der Waals surface area (Å²) in [6, 6.07) is 3.00. The summed E-state index contributed by atoms with van der Waals surface area (Å²) < 4.78 is 23.8. The van der Waals surface area contributed by atoms with E-state index in [1.54, 1.807) is 13.0 Å². The van der Waals surface area contributed by atoms with Crippen molar-refractivity contribution < 1.29 is 18.3 Å². The van der Waals surface area contributed by atoms with Crippen LogP contribution >= 0.6 is 0 Å². The van der Waals surface area contributed by atoms with Crippen LogP contribution in [0.15, 0.2) is 17.0 Å². The highest BCUT2D eigenvalue weighted by Crippen LogP contribution is 2.35. The summed E-state index contributed by atoms with van der Waals surface area (Å²) in [5.41, 5.74) is 1.43. The minimum Gasteiger partial charge on any atom is -0.478 e. The number of fused-ring (bicyclic) bond motifs is 1. The van der Waals surface area contributed by atoms with Crippen molar-refractivity contribution in [2.75, 3.05) is 5.75 Å². The number of hydrogen-bond acceptors (Lipinski definition) is 3. The third-order valence-corrected chi connectivity index (χ3v) is 5.07. The average Bonchev–Trinajstić information content (AvgIpc) is 2.23. The first-order chi connectivity index (χ1) is 7.83. The second-order valence-corrected chi connectivity index (χ2v) is 6.60. The molecule has 2 rings (SSSR count). The number of rotatable bonds is 1. The van der Waals surface area contributed by atoms with Gasteiger partial charge in [0.1, 0.15) is 0 Å². The van der Waals surface area contributed by atoms with Gasteiger partial charge in [0.2, 0.25) is 0 Å². The Bertz CT molecular complexity index is 587. The number of carbonyl (C=O) groups is 1. The zero-order chi connectivity index (χ0) is 12.8. The van der Waals surface area contributed by atoms with E-state index in [1.165, 1.54) is 6.07 Å². The lowest BCUT2D eigenvalue weighted by atomic mass is 9.94. The fourth-order valence-corrected chi connectivity index (χ4v) is 3.99. The van der Waals surface area contributed by atoms with Gasteiger partial charge in [-0.3, -0.25) is 0 Å². The van der Waals surface area contributed by atoms with Crippen molar-refractivity contribution in [2.24, 2.45) is 0 Å². The molecule has 0 unspecified atom stereocenters. The highest BCUT2D eigenvalue weighted by atomic mass is 32.2. The predicted octanol–water partition coefficient (Wildman–Crippen LogP) is 1.97. The van der Waals surface area contributed by atoms with Crippen LogP contribution in [0.25, 0.3) is 0 Å². The van der Waals surface area contributed by atoms with Gasteiger partial charge in [0.05, 0.1) is 16.2 Å². The van der Waals surface area contributed by atoms with Gasteiger partial charge in [-0.25, -0.2) is 13.2 Å². The Morgan fingerprint density at radius 2 is 2.06 bits per heavy atom. The summed E-state index contributed by atoms with van der Waals surface area (Å²) in [6.07, 6.45) is 0.598. The molecule has 4 nitrogen and oxygen atoms in total. The van der Waals surface area contributed by atoms with Crippen molar-refractivity contribution in [3.8, 4) is 0 Å². The Morgan fingerprint density at radius 1 is 1.41 bits per heavy atom. The largest absolute Gasteiger partial charge is 0.478 e. The molecule has 1 heterocycles. The van der Waals surface area contributed by atoms with E-state index in [1.807, 2.05) is 6.92 Å². The minimum absolute atomic E-state index is 0.0708. The number of benzene rings is 1. The van der Waals surface area contributed by atoms with Crippen molar-refractivity contribution in [3.63, 3.8) is 0 Å². The summed E-state index contributed by atoms with van der Waals surface area (Å²) in [7, 11) is -3.31. The molecule has 1 aromatic carbocycles. The number of aromatic carboxylic acids is 1. The lowest BCUT2D eigenvalue weighted by Crippen LogP contribution is -2.20. The van der Waals surface area contributed by atoms with Crippen molar-refractivity contribution in [2.45, 2.75) is 31.1 Å². The molecule has 92 valence electrons. The molecular formula is C12H14O4S. The van der Waals surface area contributed by atoms with Gasteiger partial charge in [0, 0.05) is 0 Å². The van der Waals surface area contributed by atoms with Gasteiger partial charge in [-0.15, -0.1) is 0 Å². The summed E-state index contributed by atoms with van der Waals surface area (Å²) in [6.45, 7) is 3.66. The maximum atomic E-state index is 11.9. The molecule has 0 bridgehead atoms. The van der Waals surface area contributed by atoms with E-state index in [-0.39, 0.29) is 22.1 Å². The van der Waals surface area contributed by atoms with Crippen LogP contribution in [0.3, 0.4) is 0 Å². The lowest BCUT2D eigenvalue weighted by Gasteiger charge is -2.23. The molecule has 1 atom stereocenters. The Morgan fingerprint density at radius 3 is 2.65 bits per heavy atom. The zero-order valence-electron chi connectivity index (χ0n) is 9.73. The number of carboxylic acid groups (broad SMARTS) is 1. The lowest BCUT2D eigenvalue weighted by molar-refractivity contribution is 0.0696. The predicted molar refractivity (Wildman–Crippen MR) is 63.2 cm³/mol. The van der Waals surface area contributed by atoms with Crippen molar-refractivity contribution in [1.29, 1.82) is 0 Å². The summed E-state index contributed by atoms with van der Waals surface area (Å²) in [4.78, 5) is 11.2. The number of carboxylic acids is 1. The van der Waals surface area contributed by atoms with Crippen LogP contribution in [0.2, 0.25) is 0 Å². The molecule has 17 heavy (non-hydrogen) atoms. The third-order valence-electron chi connectivity index (χ3n) is 3.27. The second-order valence-electron chi connectivity index (χ2n) is 4.52. The molecule has 1 aromatic rings. The van der Waals surface area contributed by atoms with E-state index in [0.29, 0.717) is 12.0 Å². The fraction of sp³-hybridized carbons (Fsp3) is 0.417. The topological polar surface area (TPSA) is 71.4 Å². The molecule has 1 aliphatic rings. The van der Waals surface area contributed by atoms with Gasteiger partial charge >= 0.3 is 5.97 Å². The summed E-state index contributed by atoms with van der Waals surface area (Å²) in [5, 5.41) is 9.01. The van der Waals surface area contributed by atoms with E-state index in [9.17, 15) is 13.2 Å². The average molecular weight is 254 g/mol. The molecule has 0 saturated heterocycles. The van der Waals surface area contributed by atoms with E-state index < -0.39 is 15.8 Å². The first kappa shape index (κ1) is 12.1. The first-order valence-corrected chi connectivity index (χ1v) is 7.09. The van der Waals surface area contributed by atoms with Gasteiger partial charge in [-0.1, -0.05) is 13.0 Å². The molecule has 0 saturated carbocycles. The number of aryl methyl sites for hydroxylation is 1. The first-order valence-electron chi connectivity index (χ1n) is 5.43. The SMILES string of the molecule is Cc1cc2c(cc1C(=O)O)S(=O)(=O)CC[C@@H]2C. The van der Waals surface area contributed by atoms with Crippen molar-refractivity contribution >= 4 is 15.8 Å². The standard InChI is InChI=1S/C12H14O4S/c1-7-3-4-17(15,16)11-6-10(12(13)14)8(2)5-9(7)11/h5-7H,3-4H2,1-2H3,(H,13,14)/t7-/m0/s1. The van der Waals surface area contributed by atoms with E-state index in [2.05, 4.69) is 0 Å². The Balaban J connectivity index is 2.75. The van der Waals surface area contributed by atoms with Crippen LogP contribution in [0.5, 0.6) is 0 Å². The molecule has 1 N–H and O–H groups in total. The van der Waals surface area contributed by atoms with E-state index in [0.717, 1.165) is 5.56 Å². The van der Waals surface area contributed by atoms with Crippen LogP contribution < -0.4 is 0 Å². The Hall–Kier alpha value is -1.36. The smallest absolute Gasteiger partial charge is 0.335 e. The van der Waals surface area contributed by atoms with Gasteiger partial charge in [0.25, 0.3) is 0 Å². The Kier molecular flexibility index (Phi) is 2.73. The van der Waals surface area contributed by atoms with Gasteiger partial charge < -0.3 is 5.11 Å². The fourth-order valence-electron chi connectivity index (χ4n) is 2.19. The molecule has 5 heteroatoms. The third kappa shape index (κ3) is 1.95. The van der Waals surface area contributed by atoms with Gasteiger partial charge in [-0.2, -0.15) is 0 Å². The highest BCUT2D eigenvalue weighted by Gasteiger charge is 2.29. The minimum atomic E-state index is -3.31. The monoisotopic (exact) mass is 254 g/mol. The molecule has 0 aromatic heterocycles. The molecule has 0 spiro atoms. The van der Waals surface area contributed by atoms with E-state index >= 15 is 0 Å². The van der Waals surface area contributed by atoms with Crippen LogP contribution in [-0.4, -0.2) is 25.2 Å². The van der Waals surface area contributed by atoms with Gasteiger partial charge in [-0.05, 0) is 36.5 Å². The summed E-state index contributed by atoms with van der Waals surface area (Å²) in [5.74, 6) is -0.822.